The van der Waals surface area contributed by atoms with Gasteiger partial charge >= 0.3 is 0 Å². The molecule has 0 spiro atoms. The van der Waals surface area contributed by atoms with E-state index in [2.05, 4.69) is 44.9 Å². The molecule has 1 aromatic rings. The van der Waals surface area contributed by atoms with Crippen molar-refractivity contribution >= 4 is 22.9 Å². The molecule has 0 aromatic carbocycles. The van der Waals surface area contributed by atoms with E-state index < -0.39 is 0 Å². The van der Waals surface area contributed by atoms with Gasteiger partial charge in [0.15, 0.2) is 0 Å². The van der Waals surface area contributed by atoms with Gasteiger partial charge in [-0.25, -0.2) is 0 Å². The lowest BCUT2D eigenvalue weighted by molar-refractivity contribution is 0.544. The molecule has 0 fully saturated rings. The normalized spacial score (nSPS) is 12.9. The molecule has 0 aliphatic heterocycles. The van der Waals surface area contributed by atoms with Gasteiger partial charge in [0.2, 0.25) is 0 Å². The Kier molecular flexibility index (Phi) is 6.21. The van der Waals surface area contributed by atoms with Crippen molar-refractivity contribution in [3.63, 3.8) is 0 Å². The molecule has 0 aliphatic carbocycles. The molecular formula is C15H22ClNS. The third-order valence-corrected chi connectivity index (χ3v) is 3.84. The molecule has 3 heteroatoms. The van der Waals surface area contributed by atoms with Crippen molar-refractivity contribution in [2.24, 2.45) is 5.41 Å². The fourth-order valence-corrected chi connectivity index (χ4v) is 2.81. The Hall–Kier alpha value is -0.490. The molecule has 0 radical (unpaired) electrons. The minimum absolute atomic E-state index is 0.0640. The number of rotatable bonds is 5. The monoisotopic (exact) mass is 283 g/mol. The average Bonchev–Trinajstić information content (AvgIpc) is 2.68. The lowest BCUT2D eigenvalue weighted by atomic mass is 9.97. The van der Waals surface area contributed by atoms with Crippen molar-refractivity contribution in [2.75, 3.05) is 6.54 Å². The summed E-state index contributed by atoms with van der Waals surface area (Å²) in [6.45, 7) is 9.56. The lowest BCUT2D eigenvalue weighted by Crippen LogP contribution is -2.21. The minimum atomic E-state index is 0.0640. The van der Waals surface area contributed by atoms with Gasteiger partial charge < -0.3 is 5.32 Å². The summed E-state index contributed by atoms with van der Waals surface area (Å²) in [6, 6.07) is 2.21. The maximum Gasteiger partial charge on any atom is 0.0561 e. The largest absolute Gasteiger partial charge is 0.308 e. The van der Waals surface area contributed by atoms with E-state index in [-0.39, 0.29) is 11.5 Å². The van der Waals surface area contributed by atoms with Crippen molar-refractivity contribution in [2.45, 2.75) is 46.6 Å². The van der Waals surface area contributed by atoms with E-state index in [0.29, 0.717) is 0 Å². The first-order chi connectivity index (χ1) is 8.44. The van der Waals surface area contributed by atoms with Gasteiger partial charge in [-0.3, -0.25) is 0 Å². The number of halogens is 1. The Bertz CT molecular complexity index is 420. The molecule has 0 amide bonds. The van der Waals surface area contributed by atoms with Crippen molar-refractivity contribution in [1.29, 1.82) is 0 Å². The van der Waals surface area contributed by atoms with Crippen LogP contribution in [0.4, 0.5) is 0 Å². The lowest BCUT2D eigenvalue weighted by Gasteiger charge is -2.15. The summed E-state index contributed by atoms with van der Waals surface area (Å²) in [6.07, 6.45) is 1.93. The molecule has 1 aromatic heterocycles. The Morgan fingerprint density at radius 1 is 1.44 bits per heavy atom. The summed E-state index contributed by atoms with van der Waals surface area (Å²) in [5, 5.41) is 6.41. The molecule has 18 heavy (non-hydrogen) atoms. The standard InChI is InChI=1S/C15H22ClNS/c1-5-10-17-13(7-6-9-15(2,3)4)14-12(16)8-11-18-14/h8,11,13,17H,5,7,10H2,1-4H3. The third-order valence-electron chi connectivity index (χ3n) is 2.37. The zero-order chi connectivity index (χ0) is 13.6. The van der Waals surface area contributed by atoms with E-state index in [0.717, 1.165) is 24.4 Å². The molecule has 1 heterocycles. The van der Waals surface area contributed by atoms with Crippen LogP contribution in [0.2, 0.25) is 5.02 Å². The van der Waals surface area contributed by atoms with E-state index in [1.165, 1.54) is 4.88 Å². The van der Waals surface area contributed by atoms with Crippen LogP contribution in [0.3, 0.4) is 0 Å². The highest BCUT2D eigenvalue weighted by molar-refractivity contribution is 7.10. The third kappa shape index (κ3) is 5.44. The zero-order valence-corrected chi connectivity index (χ0v) is 13.2. The predicted octanol–water partition coefficient (Wildman–Crippen LogP) is 4.88. The van der Waals surface area contributed by atoms with E-state index in [1.807, 2.05) is 11.4 Å². The molecular weight excluding hydrogens is 262 g/mol. The van der Waals surface area contributed by atoms with Crippen molar-refractivity contribution in [1.82, 2.24) is 5.32 Å². The summed E-state index contributed by atoms with van der Waals surface area (Å²) < 4.78 is 0. The Labute approximate surface area is 120 Å². The molecule has 1 unspecified atom stereocenters. The second-order valence-electron chi connectivity index (χ2n) is 5.40. The first kappa shape index (κ1) is 15.6. The Balaban J connectivity index is 2.73. The van der Waals surface area contributed by atoms with Gasteiger partial charge in [-0.2, -0.15) is 0 Å². The Morgan fingerprint density at radius 2 is 2.17 bits per heavy atom. The Morgan fingerprint density at radius 3 is 2.67 bits per heavy atom. The molecule has 1 N–H and O–H groups in total. The first-order valence-corrected chi connectivity index (χ1v) is 7.66. The van der Waals surface area contributed by atoms with Gasteiger partial charge in [0.25, 0.3) is 0 Å². The van der Waals surface area contributed by atoms with Crippen LogP contribution in [0, 0.1) is 17.3 Å². The van der Waals surface area contributed by atoms with Crippen LogP contribution in [0.1, 0.15) is 51.5 Å². The van der Waals surface area contributed by atoms with Crippen LogP contribution < -0.4 is 5.32 Å². The average molecular weight is 284 g/mol. The smallest absolute Gasteiger partial charge is 0.0561 e. The summed E-state index contributed by atoms with van der Waals surface area (Å²) in [7, 11) is 0. The van der Waals surface area contributed by atoms with Gasteiger partial charge in [0.1, 0.15) is 0 Å². The second-order valence-corrected chi connectivity index (χ2v) is 6.75. The maximum atomic E-state index is 6.20. The molecule has 0 saturated heterocycles. The van der Waals surface area contributed by atoms with Crippen molar-refractivity contribution in [3.8, 4) is 11.8 Å². The molecule has 0 bridgehead atoms. The summed E-state index contributed by atoms with van der Waals surface area (Å²) >= 11 is 7.91. The van der Waals surface area contributed by atoms with Crippen molar-refractivity contribution in [3.05, 3.63) is 21.3 Å². The molecule has 0 saturated carbocycles. The van der Waals surface area contributed by atoms with Crippen LogP contribution in [0.25, 0.3) is 0 Å². The molecule has 1 nitrogen and oxygen atoms in total. The van der Waals surface area contributed by atoms with E-state index in [1.54, 1.807) is 11.3 Å². The van der Waals surface area contributed by atoms with Gasteiger partial charge in [-0.05, 0) is 45.2 Å². The first-order valence-electron chi connectivity index (χ1n) is 6.40. The van der Waals surface area contributed by atoms with E-state index in [4.69, 9.17) is 11.6 Å². The highest BCUT2D eigenvalue weighted by Crippen LogP contribution is 2.30. The van der Waals surface area contributed by atoms with Crippen LogP contribution in [0.5, 0.6) is 0 Å². The summed E-state index contributed by atoms with van der Waals surface area (Å²) in [5.74, 6) is 6.57. The van der Waals surface area contributed by atoms with Crippen LogP contribution in [0.15, 0.2) is 11.4 Å². The van der Waals surface area contributed by atoms with Crippen LogP contribution in [-0.2, 0) is 0 Å². The molecule has 1 rings (SSSR count). The van der Waals surface area contributed by atoms with Gasteiger partial charge in [0, 0.05) is 16.7 Å². The topological polar surface area (TPSA) is 12.0 Å². The fraction of sp³-hybridized carbons (Fsp3) is 0.600. The maximum absolute atomic E-state index is 6.20. The quantitative estimate of drug-likeness (QED) is 0.759. The molecule has 0 aliphatic rings. The highest BCUT2D eigenvalue weighted by atomic mass is 35.5. The second kappa shape index (κ2) is 7.19. The molecule has 100 valence electrons. The summed E-state index contributed by atoms with van der Waals surface area (Å²) in [4.78, 5) is 1.20. The highest BCUT2D eigenvalue weighted by Gasteiger charge is 2.14. The van der Waals surface area contributed by atoms with E-state index >= 15 is 0 Å². The molecule has 1 atom stereocenters. The zero-order valence-electron chi connectivity index (χ0n) is 11.6. The number of hydrogen-bond acceptors (Lipinski definition) is 2. The minimum Gasteiger partial charge on any atom is -0.308 e. The van der Waals surface area contributed by atoms with Crippen LogP contribution >= 0.6 is 22.9 Å². The summed E-state index contributed by atoms with van der Waals surface area (Å²) in [5.41, 5.74) is 0.0640. The SMILES string of the molecule is CCCNC(CC#CC(C)(C)C)c1sccc1Cl. The number of nitrogens with one attached hydrogen (secondary N) is 1. The predicted molar refractivity (Wildman–Crippen MR) is 82.2 cm³/mol. The van der Waals surface area contributed by atoms with Gasteiger partial charge in [-0.15, -0.1) is 17.3 Å². The van der Waals surface area contributed by atoms with Crippen LogP contribution in [-0.4, -0.2) is 6.54 Å². The number of hydrogen-bond donors (Lipinski definition) is 1. The number of thiophene rings is 1. The fourth-order valence-electron chi connectivity index (χ4n) is 1.55. The van der Waals surface area contributed by atoms with Crippen molar-refractivity contribution < 1.29 is 0 Å². The van der Waals surface area contributed by atoms with Gasteiger partial charge in [0.05, 0.1) is 11.1 Å². The van der Waals surface area contributed by atoms with Gasteiger partial charge in [-0.1, -0.05) is 24.4 Å². The van der Waals surface area contributed by atoms with E-state index in [9.17, 15) is 0 Å².